The summed E-state index contributed by atoms with van der Waals surface area (Å²) in [5.74, 6) is 0.0827. The molecule has 1 atom stereocenters. The van der Waals surface area contributed by atoms with Gasteiger partial charge in [-0.3, -0.25) is 4.79 Å². The number of rotatable bonds is 9. The zero-order valence-electron chi connectivity index (χ0n) is 16.1. The lowest BCUT2D eigenvalue weighted by Gasteiger charge is -2.26. The van der Waals surface area contributed by atoms with Crippen LogP contribution in [0, 0.1) is 0 Å². The first-order valence-corrected chi connectivity index (χ1v) is 10.6. The second-order valence-corrected chi connectivity index (χ2v) is 7.89. The van der Waals surface area contributed by atoms with E-state index in [1.54, 1.807) is 6.07 Å². The zero-order valence-corrected chi connectivity index (χ0v) is 16.9. The molecule has 9 heteroatoms. The lowest BCUT2D eigenvalue weighted by atomic mass is 10.2. The lowest BCUT2D eigenvalue weighted by Crippen LogP contribution is -2.40. The van der Waals surface area contributed by atoms with Gasteiger partial charge in [-0.15, -0.1) is 0 Å². The van der Waals surface area contributed by atoms with Crippen LogP contribution in [-0.2, 0) is 24.3 Å². The van der Waals surface area contributed by atoms with Gasteiger partial charge in [-0.05, 0) is 38.5 Å². The largest absolute Gasteiger partial charge is 0.492 e. The number of carbonyl (C=O) groups excluding carboxylic acids is 1. The van der Waals surface area contributed by atoms with Gasteiger partial charge in [-0.1, -0.05) is 6.92 Å². The second kappa shape index (κ2) is 10.0. The van der Waals surface area contributed by atoms with E-state index >= 15 is 0 Å². The molecule has 1 saturated heterocycles. The van der Waals surface area contributed by atoms with E-state index in [1.807, 2.05) is 20.8 Å². The molecule has 0 aromatic heterocycles. The molecule has 0 saturated carbocycles. The van der Waals surface area contributed by atoms with Gasteiger partial charge in [0.15, 0.2) is 0 Å². The van der Waals surface area contributed by atoms with Crippen LogP contribution in [0.4, 0.5) is 5.69 Å². The van der Waals surface area contributed by atoms with E-state index in [9.17, 15) is 13.2 Å². The van der Waals surface area contributed by atoms with Gasteiger partial charge in [0.1, 0.15) is 11.9 Å². The standard InChI is InChI=1S/C18H28N2O6S/c1-4-16(25-5-2)18(21)19-15-13-14(7-8-17(15)26-6-3)27(22,23)20-9-11-24-12-10-20/h7-8,13,16H,4-6,9-12H2,1-3H3,(H,19,21). The van der Waals surface area contributed by atoms with Crippen LogP contribution in [-0.4, -0.2) is 64.3 Å². The Morgan fingerprint density at radius 3 is 2.52 bits per heavy atom. The summed E-state index contributed by atoms with van der Waals surface area (Å²) in [5, 5.41) is 2.75. The minimum absolute atomic E-state index is 0.104. The molecule has 1 aromatic carbocycles. The molecule has 8 nitrogen and oxygen atoms in total. The number of ether oxygens (including phenoxy) is 3. The predicted octanol–water partition coefficient (Wildman–Crippen LogP) is 1.86. The van der Waals surface area contributed by atoms with E-state index in [1.165, 1.54) is 16.4 Å². The van der Waals surface area contributed by atoms with Crippen molar-refractivity contribution in [3.63, 3.8) is 0 Å². The van der Waals surface area contributed by atoms with Gasteiger partial charge in [0.2, 0.25) is 10.0 Å². The fourth-order valence-electron chi connectivity index (χ4n) is 2.78. The summed E-state index contributed by atoms with van der Waals surface area (Å²) < 4.78 is 43.3. The third-order valence-electron chi connectivity index (χ3n) is 4.15. The van der Waals surface area contributed by atoms with Gasteiger partial charge >= 0.3 is 0 Å². The van der Waals surface area contributed by atoms with Crippen LogP contribution >= 0.6 is 0 Å². The minimum atomic E-state index is -3.67. The highest BCUT2D eigenvalue weighted by atomic mass is 32.2. The van der Waals surface area contributed by atoms with Crippen LogP contribution in [0.5, 0.6) is 5.75 Å². The number of hydrogen-bond donors (Lipinski definition) is 1. The van der Waals surface area contributed by atoms with Crippen LogP contribution < -0.4 is 10.1 Å². The molecule has 0 bridgehead atoms. The van der Waals surface area contributed by atoms with Gasteiger partial charge in [0, 0.05) is 19.7 Å². The quantitative estimate of drug-likeness (QED) is 0.680. The number of benzene rings is 1. The van der Waals surface area contributed by atoms with Gasteiger partial charge in [0.25, 0.3) is 5.91 Å². The molecule has 0 aliphatic carbocycles. The second-order valence-electron chi connectivity index (χ2n) is 5.95. The topological polar surface area (TPSA) is 94.2 Å². The minimum Gasteiger partial charge on any atom is -0.492 e. The van der Waals surface area contributed by atoms with Gasteiger partial charge in [-0.2, -0.15) is 4.31 Å². The molecule has 1 heterocycles. The van der Waals surface area contributed by atoms with E-state index in [2.05, 4.69) is 5.32 Å². The SMILES string of the molecule is CCOc1ccc(S(=O)(=O)N2CCOCC2)cc1NC(=O)C(CC)OCC. The number of anilines is 1. The Morgan fingerprint density at radius 2 is 1.93 bits per heavy atom. The van der Waals surface area contributed by atoms with E-state index in [4.69, 9.17) is 14.2 Å². The van der Waals surface area contributed by atoms with Gasteiger partial charge in [0.05, 0.1) is 30.4 Å². The number of sulfonamides is 1. The molecule has 27 heavy (non-hydrogen) atoms. The van der Waals surface area contributed by atoms with E-state index in [0.29, 0.717) is 57.4 Å². The molecule has 1 fully saturated rings. The fourth-order valence-corrected chi connectivity index (χ4v) is 4.21. The highest BCUT2D eigenvalue weighted by Crippen LogP contribution is 2.30. The molecule has 0 radical (unpaired) electrons. The Kier molecular flexibility index (Phi) is 8.03. The van der Waals surface area contributed by atoms with Crippen molar-refractivity contribution in [2.45, 2.75) is 38.2 Å². The van der Waals surface area contributed by atoms with Crippen molar-refractivity contribution in [1.29, 1.82) is 0 Å². The summed E-state index contributed by atoms with van der Waals surface area (Å²) in [6, 6.07) is 4.49. The first kappa shape index (κ1) is 21.6. The molecule has 152 valence electrons. The Hall–Kier alpha value is -1.68. The van der Waals surface area contributed by atoms with Crippen LogP contribution in [0.25, 0.3) is 0 Å². The van der Waals surface area contributed by atoms with Crippen LogP contribution in [0.15, 0.2) is 23.1 Å². The maximum atomic E-state index is 12.9. The zero-order chi connectivity index (χ0) is 19.9. The number of amides is 1. The molecular weight excluding hydrogens is 372 g/mol. The first-order valence-electron chi connectivity index (χ1n) is 9.21. The van der Waals surface area contributed by atoms with Crippen molar-refractivity contribution in [1.82, 2.24) is 4.31 Å². The average Bonchev–Trinajstić information content (AvgIpc) is 2.68. The molecule has 1 amide bonds. The number of nitrogens with one attached hydrogen (secondary N) is 1. The van der Waals surface area contributed by atoms with Crippen LogP contribution in [0.3, 0.4) is 0 Å². The van der Waals surface area contributed by atoms with Crippen molar-refractivity contribution in [3.8, 4) is 5.75 Å². The Morgan fingerprint density at radius 1 is 1.22 bits per heavy atom. The Bertz CT molecular complexity index is 731. The smallest absolute Gasteiger partial charge is 0.253 e. The lowest BCUT2D eigenvalue weighted by molar-refractivity contribution is -0.127. The molecule has 2 rings (SSSR count). The Balaban J connectivity index is 2.31. The summed E-state index contributed by atoms with van der Waals surface area (Å²) in [4.78, 5) is 12.6. The summed E-state index contributed by atoms with van der Waals surface area (Å²) in [6.45, 7) is 7.63. The molecule has 0 spiro atoms. The fraction of sp³-hybridized carbons (Fsp3) is 0.611. The van der Waals surface area contributed by atoms with Crippen molar-refractivity contribution in [2.75, 3.05) is 44.8 Å². The van der Waals surface area contributed by atoms with Crippen molar-refractivity contribution in [3.05, 3.63) is 18.2 Å². The highest BCUT2D eigenvalue weighted by molar-refractivity contribution is 7.89. The van der Waals surface area contributed by atoms with E-state index in [0.717, 1.165) is 0 Å². The van der Waals surface area contributed by atoms with Gasteiger partial charge in [-0.25, -0.2) is 8.42 Å². The molecule has 1 aromatic rings. The summed E-state index contributed by atoms with van der Waals surface area (Å²) in [7, 11) is -3.67. The summed E-state index contributed by atoms with van der Waals surface area (Å²) >= 11 is 0. The van der Waals surface area contributed by atoms with Crippen molar-refractivity contribution >= 4 is 21.6 Å². The average molecular weight is 400 g/mol. The predicted molar refractivity (Wildman–Crippen MR) is 102 cm³/mol. The number of nitrogens with zero attached hydrogens (tertiary/aromatic N) is 1. The number of morpholine rings is 1. The number of hydrogen-bond acceptors (Lipinski definition) is 6. The highest BCUT2D eigenvalue weighted by Gasteiger charge is 2.28. The van der Waals surface area contributed by atoms with Crippen molar-refractivity contribution < 1.29 is 27.4 Å². The summed E-state index contributed by atoms with van der Waals surface area (Å²) in [6.07, 6.45) is -0.0981. The van der Waals surface area contributed by atoms with Gasteiger partial charge < -0.3 is 19.5 Å². The third kappa shape index (κ3) is 5.41. The van der Waals surface area contributed by atoms with E-state index in [-0.39, 0.29) is 10.8 Å². The summed E-state index contributed by atoms with van der Waals surface area (Å²) in [5.41, 5.74) is 0.314. The van der Waals surface area contributed by atoms with E-state index < -0.39 is 16.1 Å². The molecular formula is C18H28N2O6S. The molecule has 1 N–H and O–H groups in total. The third-order valence-corrected chi connectivity index (χ3v) is 6.04. The molecule has 1 unspecified atom stereocenters. The normalized spacial score (nSPS) is 16.7. The van der Waals surface area contributed by atoms with Crippen molar-refractivity contribution in [2.24, 2.45) is 0 Å². The molecule has 1 aliphatic heterocycles. The Labute approximate surface area is 160 Å². The number of carbonyl (C=O) groups is 1. The van der Waals surface area contributed by atoms with Crippen LogP contribution in [0.2, 0.25) is 0 Å². The molecule has 1 aliphatic rings. The van der Waals surface area contributed by atoms with Crippen LogP contribution in [0.1, 0.15) is 27.2 Å². The maximum Gasteiger partial charge on any atom is 0.253 e. The maximum absolute atomic E-state index is 12.9. The first-order chi connectivity index (χ1) is 12.9. The monoisotopic (exact) mass is 400 g/mol.